The first-order valence-corrected chi connectivity index (χ1v) is 11.6. The van der Waals surface area contributed by atoms with Gasteiger partial charge in [-0.15, -0.1) is 0 Å². The Bertz CT molecular complexity index is 1220. The van der Waals surface area contributed by atoms with Gasteiger partial charge in [0.2, 0.25) is 0 Å². The number of hydrogen-bond donors (Lipinski definition) is 1. The van der Waals surface area contributed by atoms with Gasteiger partial charge in [0.25, 0.3) is 5.56 Å². The Labute approximate surface area is 195 Å². The molecule has 2 aromatic heterocycles. The van der Waals surface area contributed by atoms with E-state index in [1.54, 1.807) is 0 Å². The van der Waals surface area contributed by atoms with Crippen LogP contribution in [-0.4, -0.2) is 39.5 Å². The Morgan fingerprint density at radius 3 is 2.50 bits per heavy atom. The highest BCUT2D eigenvalue weighted by atomic mass is 19.4. The number of hydrogen-bond acceptors (Lipinski definition) is 5. The molecule has 1 N–H and O–H groups in total. The van der Waals surface area contributed by atoms with Gasteiger partial charge in [-0.3, -0.25) is 9.69 Å². The number of aromatic amines is 1. The van der Waals surface area contributed by atoms with Gasteiger partial charge in [-0.1, -0.05) is 18.2 Å². The number of benzene rings is 1. The molecule has 0 saturated carbocycles. The highest BCUT2D eigenvalue weighted by Crippen LogP contribution is 2.30. The van der Waals surface area contributed by atoms with E-state index in [2.05, 4.69) is 30.8 Å². The Balaban J connectivity index is 1.34. The van der Waals surface area contributed by atoms with Crippen LogP contribution in [0.5, 0.6) is 0 Å². The van der Waals surface area contributed by atoms with Crippen LogP contribution in [0.2, 0.25) is 0 Å². The lowest BCUT2D eigenvalue weighted by atomic mass is 10.0. The van der Waals surface area contributed by atoms with Crippen LogP contribution in [0.15, 0.2) is 47.4 Å². The second-order valence-electron chi connectivity index (χ2n) is 8.91. The number of nitrogens with zero attached hydrogens (tertiary/aromatic N) is 4. The second-order valence-corrected chi connectivity index (χ2v) is 8.91. The zero-order chi connectivity index (χ0) is 23.7. The molecule has 0 atom stereocenters. The van der Waals surface area contributed by atoms with Gasteiger partial charge in [-0.2, -0.15) is 13.2 Å². The molecule has 1 aromatic carbocycles. The summed E-state index contributed by atoms with van der Waals surface area (Å²) in [5, 5.41) is 0. The predicted octanol–water partition coefficient (Wildman–Crippen LogP) is 4.40. The van der Waals surface area contributed by atoms with E-state index in [-0.39, 0.29) is 5.56 Å². The Morgan fingerprint density at radius 1 is 1.00 bits per heavy atom. The average molecular weight is 470 g/mol. The number of piperidine rings is 1. The van der Waals surface area contributed by atoms with Gasteiger partial charge in [0.05, 0.1) is 16.8 Å². The number of H-pyrrole nitrogens is 1. The van der Waals surface area contributed by atoms with E-state index in [9.17, 15) is 18.0 Å². The Kier molecular flexibility index (Phi) is 6.12. The summed E-state index contributed by atoms with van der Waals surface area (Å²) in [5.74, 6) is 1.32. The number of aromatic nitrogens is 3. The minimum absolute atomic E-state index is 0.243. The Hall–Kier alpha value is -3.20. The third kappa shape index (κ3) is 4.70. The van der Waals surface area contributed by atoms with E-state index in [0.29, 0.717) is 42.2 Å². The van der Waals surface area contributed by atoms with Gasteiger partial charge in [0, 0.05) is 56.5 Å². The van der Waals surface area contributed by atoms with Crippen molar-refractivity contribution < 1.29 is 13.2 Å². The van der Waals surface area contributed by atoms with Crippen molar-refractivity contribution in [1.29, 1.82) is 0 Å². The smallest absolute Gasteiger partial charge is 0.356 e. The number of rotatable bonds is 4. The van der Waals surface area contributed by atoms with Crippen molar-refractivity contribution >= 4 is 5.82 Å². The van der Waals surface area contributed by atoms with Crippen molar-refractivity contribution in [2.45, 2.75) is 44.9 Å². The summed E-state index contributed by atoms with van der Waals surface area (Å²) >= 11 is 0. The zero-order valence-electron chi connectivity index (χ0n) is 18.7. The van der Waals surface area contributed by atoms with E-state index in [1.165, 1.54) is 31.4 Å². The lowest BCUT2D eigenvalue weighted by molar-refractivity contribution is -0.137. The first-order valence-electron chi connectivity index (χ1n) is 11.6. The van der Waals surface area contributed by atoms with Crippen LogP contribution in [-0.2, 0) is 25.7 Å². The maximum absolute atomic E-state index is 12.9. The third-order valence-corrected chi connectivity index (χ3v) is 6.55. The molecule has 0 spiro atoms. The van der Waals surface area contributed by atoms with Gasteiger partial charge < -0.3 is 9.88 Å². The maximum atomic E-state index is 12.9. The van der Waals surface area contributed by atoms with Crippen molar-refractivity contribution in [3.63, 3.8) is 0 Å². The van der Waals surface area contributed by atoms with Crippen molar-refractivity contribution in [3.05, 3.63) is 75.3 Å². The number of nitrogens with one attached hydrogen (secondary N) is 1. The van der Waals surface area contributed by atoms with Crippen LogP contribution in [0.4, 0.5) is 19.0 Å². The number of anilines is 1. The summed E-state index contributed by atoms with van der Waals surface area (Å²) in [6, 6.07) is 8.74. The summed E-state index contributed by atoms with van der Waals surface area (Å²) in [6.07, 6.45) is 1.64. The van der Waals surface area contributed by atoms with Gasteiger partial charge in [0.15, 0.2) is 0 Å². The average Bonchev–Trinajstić information content (AvgIpc) is 2.85. The van der Waals surface area contributed by atoms with Gasteiger partial charge in [0.1, 0.15) is 11.6 Å². The highest BCUT2D eigenvalue weighted by molar-refractivity contribution is 5.56. The van der Waals surface area contributed by atoms with Crippen LogP contribution >= 0.6 is 0 Å². The quantitative estimate of drug-likeness (QED) is 0.614. The molecule has 178 valence electrons. The molecule has 0 bridgehead atoms. The van der Waals surface area contributed by atoms with Crippen molar-refractivity contribution in [2.75, 3.05) is 24.5 Å². The van der Waals surface area contributed by atoms with Crippen molar-refractivity contribution in [3.8, 4) is 11.4 Å². The van der Waals surface area contributed by atoms with E-state index >= 15 is 0 Å². The topological polar surface area (TPSA) is 65.1 Å². The molecule has 34 heavy (non-hydrogen) atoms. The van der Waals surface area contributed by atoms with E-state index in [1.807, 2.05) is 12.3 Å². The minimum atomic E-state index is -4.40. The monoisotopic (exact) mass is 469 g/mol. The molecule has 0 radical (unpaired) electrons. The first-order chi connectivity index (χ1) is 16.4. The van der Waals surface area contributed by atoms with Crippen molar-refractivity contribution in [2.24, 2.45) is 0 Å². The van der Waals surface area contributed by atoms with Crippen molar-refractivity contribution in [1.82, 2.24) is 19.9 Å². The maximum Gasteiger partial charge on any atom is 0.416 e. The Morgan fingerprint density at radius 2 is 1.76 bits per heavy atom. The molecular formula is C25H26F3N5O. The fourth-order valence-corrected chi connectivity index (χ4v) is 4.75. The largest absolute Gasteiger partial charge is 0.416 e. The molecule has 6 nitrogen and oxygen atoms in total. The van der Waals surface area contributed by atoms with E-state index in [4.69, 9.17) is 0 Å². The predicted molar refractivity (Wildman–Crippen MR) is 123 cm³/mol. The molecule has 0 unspecified atom stereocenters. The molecular weight excluding hydrogens is 443 g/mol. The van der Waals surface area contributed by atoms with Crippen LogP contribution in [0.1, 0.15) is 41.6 Å². The number of alkyl halides is 3. The number of pyridine rings is 1. The molecule has 5 rings (SSSR count). The molecule has 2 aliphatic rings. The molecule has 1 fully saturated rings. The molecule has 3 aromatic rings. The van der Waals surface area contributed by atoms with E-state index in [0.717, 1.165) is 43.1 Å². The SMILES string of the molecule is O=c1[nH]c(-c2ccc(C(F)(F)F)cc2)nc2c1CN(Cc1cccnc1N1CCCCC1)CC2. The van der Waals surface area contributed by atoms with Gasteiger partial charge in [-0.05, 0) is 37.5 Å². The van der Waals surface area contributed by atoms with Gasteiger partial charge in [-0.25, -0.2) is 9.97 Å². The van der Waals surface area contributed by atoms with Crippen LogP contribution in [0, 0.1) is 0 Å². The third-order valence-electron chi connectivity index (χ3n) is 6.55. The zero-order valence-corrected chi connectivity index (χ0v) is 18.7. The molecule has 0 amide bonds. The molecule has 4 heterocycles. The molecule has 1 saturated heterocycles. The first kappa shape index (κ1) is 22.6. The summed E-state index contributed by atoms with van der Waals surface area (Å²) in [6.45, 7) is 3.94. The highest BCUT2D eigenvalue weighted by Gasteiger charge is 2.30. The van der Waals surface area contributed by atoms with Crippen LogP contribution in [0.25, 0.3) is 11.4 Å². The molecule has 9 heteroatoms. The summed E-state index contributed by atoms with van der Waals surface area (Å²) in [4.78, 5) is 29.4. The summed E-state index contributed by atoms with van der Waals surface area (Å²) in [5.41, 5.74) is 1.96. The summed E-state index contributed by atoms with van der Waals surface area (Å²) < 4.78 is 38.6. The number of halogens is 3. The molecule has 2 aliphatic heterocycles. The lowest BCUT2D eigenvalue weighted by Crippen LogP contribution is -2.36. The number of fused-ring (bicyclic) bond motifs is 1. The van der Waals surface area contributed by atoms with Crippen LogP contribution < -0.4 is 10.5 Å². The fourth-order valence-electron chi connectivity index (χ4n) is 4.75. The second kappa shape index (κ2) is 9.21. The van der Waals surface area contributed by atoms with E-state index < -0.39 is 11.7 Å². The normalized spacial score (nSPS) is 17.0. The summed E-state index contributed by atoms with van der Waals surface area (Å²) in [7, 11) is 0. The van der Waals surface area contributed by atoms with Crippen LogP contribution in [0.3, 0.4) is 0 Å². The molecule has 0 aliphatic carbocycles. The minimum Gasteiger partial charge on any atom is -0.356 e. The standard InChI is InChI=1S/C25H26F3N5O/c26-25(27,28)19-8-6-17(7-9-19)22-30-21-10-14-32(16-20(21)24(34)31-22)15-18-5-4-11-29-23(18)33-12-2-1-3-13-33/h4-9,11H,1-3,10,12-16H2,(H,30,31,34). The fraction of sp³-hybridized carbons (Fsp3) is 0.400. The van der Waals surface area contributed by atoms with Gasteiger partial charge >= 0.3 is 6.18 Å². The lowest BCUT2D eigenvalue weighted by Gasteiger charge is -2.32.